The van der Waals surface area contributed by atoms with Crippen LogP contribution in [-0.2, 0) is 0 Å². The quantitative estimate of drug-likeness (QED) is 0.729. The summed E-state index contributed by atoms with van der Waals surface area (Å²) < 4.78 is 10.4. The van der Waals surface area contributed by atoms with Crippen molar-refractivity contribution in [1.29, 1.82) is 0 Å². The number of ether oxygens (including phenoxy) is 2. The molecule has 0 bridgehead atoms. The summed E-state index contributed by atoms with van der Waals surface area (Å²) in [4.78, 5) is 0. The molecule has 1 aromatic rings. The third-order valence-electron chi connectivity index (χ3n) is 2.28. The van der Waals surface area contributed by atoms with Crippen molar-refractivity contribution < 1.29 is 9.47 Å². The van der Waals surface area contributed by atoms with Crippen LogP contribution in [-0.4, -0.2) is 14.2 Å². The Morgan fingerprint density at radius 2 is 1.57 bits per heavy atom. The van der Waals surface area contributed by atoms with Crippen molar-refractivity contribution in [3.63, 3.8) is 0 Å². The summed E-state index contributed by atoms with van der Waals surface area (Å²) in [6.07, 6.45) is 4.67. The topological polar surface area (TPSA) is 18.5 Å². The van der Waals surface area contributed by atoms with Gasteiger partial charge in [-0.2, -0.15) is 0 Å². The van der Waals surface area contributed by atoms with Gasteiger partial charge in [0.2, 0.25) is 0 Å². The van der Waals surface area contributed by atoms with Crippen molar-refractivity contribution in [2.45, 2.75) is 12.8 Å². The van der Waals surface area contributed by atoms with Gasteiger partial charge in [-0.3, -0.25) is 0 Å². The van der Waals surface area contributed by atoms with Crippen LogP contribution in [0, 0.1) is 0 Å². The predicted octanol–water partition coefficient (Wildman–Crippen LogP) is 2.88. The first kappa shape index (κ1) is 9.13. The summed E-state index contributed by atoms with van der Waals surface area (Å²) in [6.45, 7) is 0. The Kier molecular flexibility index (Phi) is 2.44. The molecule has 14 heavy (non-hydrogen) atoms. The maximum atomic E-state index is 5.19. The zero-order valence-corrected chi connectivity index (χ0v) is 8.54. The molecule has 0 unspecified atom stereocenters. The van der Waals surface area contributed by atoms with Crippen molar-refractivity contribution in [2.24, 2.45) is 0 Å². The second-order valence-electron chi connectivity index (χ2n) is 3.45. The molecule has 74 valence electrons. The van der Waals surface area contributed by atoms with E-state index >= 15 is 0 Å². The summed E-state index contributed by atoms with van der Waals surface area (Å²) in [5.41, 5.74) is 2.66. The highest BCUT2D eigenvalue weighted by Crippen LogP contribution is 2.32. The van der Waals surface area contributed by atoms with Crippen LogP contribution in [0.2, 0.25) is 0 Å². The van der Waals surface area contributed by atoms with E-state index in [1.807, 2.05) is 18.2 Å². The van der Waals surface area contributed by atoms with Gasteiger partial charge in [0.15, 0.2) is 0 Å². The number of methoxy groups -OCH3 is 2. The molecule has 1 aromatic carbocycles. The predicted molar refractivity (Wildman–Crippen MR) is 56.8 cm³/mol. The molecule has 0 heterocycles. The molecule has 2 nitrogen and oxygen atoms in total. The summed E-state index contributed by atoms with van der Waals surface area (Å²) in [5.74, 6) is 1.69. The fraction of sp³-hybridized carbons (Fsp3) is 0.333. The third kappa shape index (κ3) is 2.08. The van der Waals surface area contributed by atoms with Crippen LogP contribution < -0.4 is 9.47 Å². The largest absolute Gasteiger partial charge is 0.497 e. The molecule has 1 aliphatic rings. The lowest BCUT2D eigenvalue weighted by molar-refractivity contribution is 0.394. The maximum absolute atomic E-state index is 5.19. The fourth-order valence-corrected chi connectivity index (χ4v) is 1.36. The van der Waals surface area contributed by atoms with E-state index in [9.17, 15) is 0 Å². The van der Waals surface area contributed by atoms with E-state index in [1.165, 1.54) is 18.4 Å². The molecular weight excluding hydrogens is 176 g/mol. The first-order valence-corrected chi connectivity index (χ1v) is 4.74. The third-order valence-corrected chi connectivity index (χ3v) is 2.28. The van der Waals surface area contributed by atoms with Gasteiger partial charge in [-0.25, -0.2) is 0 Å². The molecule has 2 heteroatoms. The lowest BCUT2D eigenvalue weighted by Gasteiger charge is -2.05. The number of allylic oxidation sites excluding steroid dienone is 1. The van der Waals surface area contributed by atoms with Crippen LogP contribution in [0.4, 0.5) is 0 Å². The van der Waals surface area contributed by atoms with Gasteiger partial charge in [-0.1, -0.05) is 11.6 Å². The summed E-state index contributed by atoms with van der Waals surface area (Å²) in [6, 6.07) is 5.93. The zero-order valence-electron chi connectivity index (χ0n) is 8.54. The van der Waals surface area contributed by atoms with E-state index in [1.54, 1.807) is 14.2 Å². The van der Waals surface area contributed by atoms with Gasteiger partial charge in [-0.15, -0.1) is 0 Å². The van der Waals surface area contributed by atoms with Crippen LogP contribution in [0.3, 0.4) is 0 Å². The molecule has 2 rings (SSSR count). The molecule has 0 N–H and O–H groups in total. The second kappa shape index (κ2) is 3.74. The Balaban J connectivity index is 2.33. The van der Waals surface area contributed by atoms with Gasteiger partial charge >= 0.3 is 0 Å². The van der Waals surface area contributed by atoms with Gasteiger partial charge in [0.1, 0.15) is 11.5 Å². The first-order chi connectivity index (χ1) is 6.81. The fourth-order valence-electron chi connectivity index (χ4n) is 1.36. The Bertz CT molecular complexity index is 338. The molecule has 0 atom stereocenters. The lowest BCUT2D eigenvalue weighted by atomic mass is 10.2. The van der Waals surface area contributed by atoms with E-state index in [0.717, 1.165) is 17.1 Å². The van der Waals surface area contributed by atoms with Crippen LogP contribution in [0.15, 0.2) is 23.8 Å². The van der Waals surface area contributed by atoms with Crippen molar-refractivity contribution >= 4 is 6.08 Å². The highest BCUT2D eigenvalue weighted by molar-refractivity contribution is 5.60. The smallest absolute Gasteiger partial charge is 0.123 e. The lowest BCUT2D eigenvalue weighted by Crippen LogP contribution is -1.87. The van der Waals surface area contributed by atoms with Crippen LogP contribution in [0.25, 0.3) is 6.08 Å². The van der Waals surface area contributed by atoms with Crippen molar-refractivity contribution in [3.05, 3.63) is 29.3 Å². The van der Waals surface area contributed by atoms with Gasteiger partial charge in [0.05, 0.1) is 14.2 Å². The molecular formula is C12H14O2. The van der Waals surface area contributed by atoms with Gasteiger partial charge in [0, 0.05) is 6.07 Å². The van der Waals surface area contributed by atoms with E-state index in [-0.39, 0.29) is 0 Å². The Hall–Kier alpha value is -1.44. The number of rotatable bonds is 3. The van der Waals surface area contributed by atoms with E-state index in [0.29, 0.717) is 0 Å². The molecule has 1 saturated carbocycles. The second-order valence-corrected chi connectivity index (χ2v) is 3.45. The Morgan fingerprint density at radius 1 is 1.00 bits per heavy atom. The molecule has 0 amide bonds. The van der Waals surface area contributed by atoms with Crippen molar-refractivity contribution in [1.82, 2.24) is 0 Å². The molecule has 0 saturated heterocycles. The minimum Gasteiger partial charge on any atom is -0.497 e. The van der Waals surface area contributed by atoms with Crippen LogP contribution in [0.5, 0.6) is 11.5 Å². The standard InChI is InChI=1S/C12H14O2/c1-13-11-6-10(5-9-3-4-9)7-12(8-11)14-2/h5-8H,3-4H2,1-2H3. The van der Waals surface area contributed by atoms with Crippen molar-refractivity contribution in [3.8, 4) is 11.5 Å². The Labute approximate surface area is 84.2 Å². The SMILES string of the molecule is COc1cc(C=C2CC2)cc(OC)c1. The van der Waals surface area contributed by atoms with Gasteiger partial charge < -0.3 is 9.47 Å². The normalized spacial score (nSPS) is 13.7. The summed E-state index contributed by atoms with van der Waals surface area (Å²) in [5, 5.41) is 0. The first-order valence-electron chi connectivity index (χ1n) is 4.74. The molecule has 0 aromatic heterocycles. The van der Waals surface area contributed by atoms with Gasteiger partial charge in [0.25, 0.3) is 0 Å². The molecule has 0 spiro atoms. The highest BCUT2D eigenvalue weighted by atomic mass is 16.5. The van der Waals surface area contributed by atoms with Crippen LogP contribution >= 0.6 is 0 Å². The Morgan fingerprint density at radius 3 is 2.00 bits per heavy atom. The highest BCUT2D eigenvalue weighted by Gasteiger charge is 2.11. The van der Waals surface area contributed by atoms with E-state index < -0.39 is 0 Å². The molecule has 0 aliphatic heterocycles. The summed E-state index contributed by atoms with van der Waals surface area (Å²) >= 11 is 0. The average molecular weight is 190 g/mol. The number of hydrogen-bond donors (Lipinski definition) is 0. The number of hydrogen-bond acceptors (Lipinski definition) is 2. The average Bonchev–Trinajstić information content (AvgIpc) is 3.01. The monoisotopic (exact) mass is 190 g/mol. The van der Waals surface area contributed by atoms with Crippen molar-refractivity contribution in [2.75, 3.05) is 14.2 Å². The molecule has 1 fully saturated rings. The molecule has 1 aliphatic carbocycles. The van der Waals surface area contributed by atoms with E-state index in [4.69, 9.17) is 9.47 Å². The summed E-state index contributed by atoms with van der Waals surface area (Å²) in [7, 11) is 3.34. The number of benzene rings is 1. The van der Waals surface area contributed by atoms with Gasteiger partial charge in [-0.05, 0) is 30.5 Å². The minimum atomic E-state index is 0.844. The van der Waals surface area contributed by atoms with Crippen LogP contribution in [0.1, 0.15) is 18.4 Å². The zero-order chi connectivity index (χ0) is 9.97. The molecule has 0 radical (unpaired) electrons. The van der Waals surface area contributed by atoms with E-state index in [2.05, 4.69) is 6.08 Å². The maximum Gasteiger partial charge on any atom is 0.123 e. The minimum absolute atomic E-state index is 0.844.